The van der Waals surface area contributed by atoms with Crippen molar-refractivity contribution in [2.75, 3.05) is 33.0 Å². The summed E-state index contributed by atoms with van der Waals surface area (Å²) in [6, 6.07) is 0. The fourth-order valence-electron chi connectivity index (χ4n) is 3.15. The molecule has 0 saturated heterocycles. The SMILES string of the molecule is CCCNC1(C(N)=O)CCCC1CCOCCOCCC. The zero-order chi connectivity index (χ0) is 15.6. The highest BCUT2D eigenvalue weighted by atomic mass is 16.5. The molecule has 124 valence electrons. The fraction of sp³-hybridized carbons (Fsp3) is 0.938. The number of ether oxygens (including phenoxy) is 2. The van der Waals surface area contributed by atoms with Crippen LogP contribution in [0.5, 0.6) is 0 Å². The van der Waals surface area contributed by atoms with Gasteiger partial charge in [-0.15, -0.1) is 0 Å². The summed E-state index contributed by atoms with van der Waals surface area (Å²) in [7, 11) is 0. The third-order valence-electron chi connectivity index (χ3n) is 4.28. The van der Waals surface area contributed by atoms with Gasteiger partial charge in [-0.2, -0.15) is 0 Å². The summed E-state index contributed by atoms with van der Waals surface area (Å²) in [6.07, 6.45) is 5.89. The van der Waals surface area contributed by atoms with E-state index in [1.165, 1.54) is 0 Å². The highest BCUT2D eigenvalue weighted by Gasteiger charge is 2.46. The summed E-state index contributed by atoms with van der Waals surface area (Å²) in [5.74, 6) is 0.0860. The third kappa shape index (κ3) is 5.57. The Labute approximate surface area is 128 Å². The predicted octanol–water partition coefficient (Wildman–Crippen LogP) is 1.84. The van der Waals surface area contributed by atoms with Gasteiger partial charge in [0.1, 0.15) is 5.54 Å². The number of primary amides is 1. The van der Waals surface area contributed by atoms with Crippen LogP contribution in [0.3, 0.4) is 0 Å². The van der Waals surface area contributed by atoms with Crippen molar-refractivity contribution in [2.24, 2.45) is 11.7 Å². The molecule has 0 heterocycles. The summed E-state index contributed by atoms with van der Waals surface area (Å²) < 4.78 is 11.0. The highest BCUT2D eigenvalue weighted by Crippen LogP contribution is 2.37. The van der Waals surface area contributed by atoms with Crippen molar-refractivity contribution in [1.29, 1.82) is 0 Å². The van der Waals surface area contributed by atoms with Gasteiger partial charge in [0, 0.05) is 13.2 Å². The van der Waals surface area contributed by atoms with Gasteiger partial charge in [0.25, 0.3) is 0 Å². The van der Waals surface area contributed by atoms with Crippen LogP contribution in [0.15, 0.2) is 0 Å². The lowest BCUT2D eigenvalue weighted by atomic mass is 9.84. The number of hydrogen-bond donors (Lipinski definition) is 2. The Bertz CT molecular complexity index is 299. The molecule has 0 radical (unpaired) electrons. The highest BCUT2D eigenvalue weighted by molar-refractivity contribution is 5.85. The van der Waals surface area contributed by atoms with Crippen molar-refractivity contribution >= 4 is 5.91 Å². The maximum absolute atomic E-state index is 11.9. The molecule has 1 saturated carbocycles. The Morgan fingerprint density at radius 2 is 1.90 bits per heavy atom. The van der Waals surface area contributed by atoms with Crippen molar-refractivity contribution in [3.05, 3.63) is 0 Å². The molecule has 21 heavy (non-hydrogen) atoms. The number of hydrogen-bond acceptors (Lipinski definition) is 4. The first-order valence-electron chi connectivity index (χ1n) is 8.37. The first kappa shape index (κ1) is 18.4. The third-order valence-corrected chi connectivity index (χ3v) is 4.28. The minimum atomic E-state index is -0.516. The number of nitrogens with one attached hydrogen (secondary N) is 1. The van der Waals surface area contributed by atoms with E-state index in [2.05, 4.69) is 19.2 Å². The molecule has 1 fully saturated rings. The van der Waals surface area contributed by atoms with Crippen molar-refractivity contribution in [3.8, 4) is 0 Å². The Morgan fingerprint density at radius 3 is 2.52 bits per heavy atom. The van der Waals surface area contributed by atoms with Gasteiger partial charge in [0.2, 0.25) is 5.91 Å². The molecular formula is C16H32N2O3. The van der Waals surface area contributed by atoms with Gasteiger partial charge in [-0.3, -0.25) is 4.79 Å². The number of nitrogens with two attached hydrogens (primary N) is 1. The van der Waals surface area contributed by atoms with Crippen molar-refractivity contribution in [3.63, 3.8) is 0 Å². The lowest BCUT2D eigenvalue weighted by Crippen LogP contribution is -2.58. The second-order valence-corrected chi connectivity index (χ2v) is 5.86. The minimum Gasteiger partial charge on any atom is -0.379 e. The predicted molar refractivity (Wildman–Crippen MR) is 84.1 cm³/mol. The standard InChI is InChI=1S/C16H32N2O3/c1-3-9-18-16(15(17)19)8-5-6-14(16)7-11-21-13-12-20-10-4-2/h14,18H,3-13H2,1-2H3,(H2,17,19). The number of amides is 1. The lowest BCUT2D eigenvalue weighted by molar-refractivity contribution is -0.126. The van der Waals surface area contributed by atoms with Gasteiger partial charge in [-0.05, 0) is 44.6 Å². The van der Waals surface area contributed by atoms with Crippen molar-refractivity contribution < 1.29 is 14.3 Å². The normalized spacial score (nSPS) is 25.3. The zero-order valence-electron chi connectivity index (χ0n) is 13.7. The summed E-state index contributed by atoms with van der Waals surface area (Å²) in [4.78, 5) is 11.9. The molecule has 0 aromatic carbocycles. The van der Waals surface area contributed by atoms with Crippen LogP contribution < -0.4 is 11.1 Å². The number of carbonyl (C=O) groups excluding carboxylic acids is 1. The molecule has 0 bridgehead atoms. The molecule has 1 rings (SSSR count). The lowest BCUT2D eigenvalue weighted by Gasteiger charge is -2.33. The largest absolute Gasteiger partial charge is 0.379 e. The van der Waals surface area contributed by atoms with Gasteiger partial charge < -0.3 is 20.5 Å². The van der Waals surface area contributed by atoms with E-state index in [1.54, 1.807) is 0 Å². The molecule has 0 aromatic heterocycles. The zero-order valence-corrected chi connectivity index (χ0v) is 13.7. The molecule has 1 aliphatic carbocycles. The molecule has 1 amide bonds. The van der Waals surface area contributed by atoms with Gasteiger partial charge in [0.05, 0.1) is 13.2 Å². The molecule has 2 atom stereocenters. The Morgan fingerprint density at radius 1 is 1.19 bits per heavy atom. The van der Waals surface area contributed by atoms with Crippen LogP contribution in [0.4, 0.5) is 0 Å². The average Bonchev–Trinajstić information content (AvgIpc) is 2.88. The Kier molecular flexibility index (Phi) is 8.88. The summed E-state index contributed by atoms with van der Waals surface area (Å²) in [5.41, 5.74) is 5.17. The first-order chi connectivity index (χ1) is 10.2. The second-order valence-electron chi connectivity index (χ2n) is 5.86. The van der Waals surface area contributed by atoms with Crippen LogP contribution in [0.1, 0.15) is 52.4 Å². The number of carbonyl (C=O) groups is 1. The molecule has 5 heteroatoms. The van der Waals surface area contributed by atoms with Crippen LogP contribution in [-0.2, 0) is 14.3 Å². The summed E-state index contributed by atoms with van der Waals surface area (Å²) in [5, 5.41) is 3.41. The van der Waals surface area contributed by atoms with E-state index in [0.29, 0.717) is 19.8 Å². The van der Waals surface area contributed by atoms with Crippen LogP contribution in [-0.4, -0.2) is 44.4 Å². The molecule has 2 unspecified atom stereocenters. The Hall–Kier alpha value is -0.650. The van der Waals surface area contributed by atoms with Crippen LogP contribution >= 0.6 is 0 Å². The molecular weight excluding hydrogens is 268 g/mol. The van der Waals surface area contributed by atoms with E-state index in [4.69, 9.17) is 15.2 Å². The van der Waals surface area contributed by atoms with Gasteiger partial charge in [-0.1, -0.05) is 20.3 Å². The molecule has 3 N–H and O–H groups in total. The van der Waals surface area contributed by atoms with E-state index in [0.717, 1.165) is 51.7 Å². The quantitative estimate of drug-likeness (QED) is 0.539. The number of rotatable bonds is 12. The smallest absolute Gasteiger partial charge is 0.238 e. The molecule has 5 nitrogen and oxygen atoms in total. The van der Waals surface area contributed by atoms with E-state index in [9.17, 15) is 4.79 Å². The van der Waals surface area contributed by atoms with Crippen LogP contribution in [0.2, 0.25) is 0 Å². The fourth-order valence-corrected chi connectivity index (χ4v) is 3.15. The van der Waals surface area contributed by atoms with Crippen molar-refractivity contribution in [2.45, 2.75) is 57.9 Å². The molecule has 0 spiro atoms. The van der Waals surface area contributed by atoms with Gasteiger partial charge in [0.15, 0.2) is 0 Å². The maximum Gasteiger partial charge on any atom is 0.238 e. The summed E-state index contributed by atoms with van der Waals surface area (Å²) >= 11 is 0. The Balaban J connectivity index is 2.32. The molecule has 0 aromatic rings. The van der Waals surface area contributed by atoms with E-state index in [-0.39, 0.29) is 11.8 Å². The second kappa shape index (κ2) is 10.1. The van der Waals surface area contributed by atoms with Crippen LogP contribution in [0, 0.1) is 5.92 Å². The minimum absolute atomic E-state index is 0.204. The van der Waals surface area contributed by atoms with Crippen molar-refractivity contribution in [1.82, 2.24) is 5.32 Å². The van der Waals surface area contributed by atoms with Gasteiger partial charge in [-0.25, -0.2) is 0 Å². The summed E-state index contributed by atoms with van der Waals surface area (Å²) in [6.45, 7) is 7.76. The van der Waals surface area contributed by atoms with Gasteiger partial charge >= 0.3 is 0 Å². The van der Waals surface area contributed by atoms with Crippen LogP contribution in [0.25, 0.3) is 0 Å². The maximum atomic E-state index is 11.9. The van der Waals surface area contributed by atoms with E-state index in [1.807, 2.05) is 0 Å². The first-order valence-corrected chi connectivity index (χ1v) is 8.37. The monoisotopic (exact) mass is 300 g/mol. The molecule has 1 aliphatic rings. The average molecular weight is 300 g/mol. The molecule has 0 aliphatic heterocycles. The topological polar surface area (TPSA) is 73.6 Å². The van der Waals surface area contributed by atoms with E-state index < -0.39 is 5.54 Å². The van der Waals surface area contributed by atoms with E-state index >= 15 is 0 Å².